The summed E-state index contributed by atoms with van der Waals surface area (Å²) in [6.07, 6.45) is -0.668. The van der Waals surface area contributed by atoms with Gasteiger partial charge in [-0.25, -0.2) is 18.4 Å². The molecule has 0 amide bonds. The lowest BCUT2D eigenvalue weighted by Gasteiger charge is -2.34. The van der Waals surface area contributed by atoms with Gasteiger partial charge in [-0.1, -0.05) is 6.07 Å². The van der Waals surface area contributed by atoms with Gasteiger partial charge in [-0.3, -0.25) is 4.68 Å². The third-order valence-corrected chi connectivity index (χ3v) is 5.35. The molecule has 0 saturated heterocycles. The van der Waals surface area contributed by atoms with Crippen molar-refractivity contribution < 1.29 is 31.8 Å². The number of rotatable bonds is 7. The molecular weight excluding hydrogens is 461 g/mol. The monoisotopic (exact) mass is 479 g/mol. The highest BCUT2D eigenvalue weighted by Crippen LogP contribution is 2.37. The summed E-state index contributed by atoms with van der Waals surface area (Å²) in [5.41, 5.74) is -1.19. The van der Waals surface area contributed by atoms with Crippen molar-refractivity contribution in [2.45, 2.75) is 31.5 Å². The smallest absolute Gasteiger partial charge is 0.406 e. The van der Waals surface area contributed by atoms with Crippen LogP contribution in [-0.4, -0.2) is 36.0 Å². The molecule has 7 nitrogen and oxygen atoms in total. The van der Waals surface area contributed by atoms with Gasteiger partial charge < -0.3 is 9.84 Å². The van der Waals surface area contributed by atoms with Crippen molar-refractivity contribution in [3.8, 4) is 17.0 Å². The number of nitrogens with zero attached hydrogens (tertiary/aromatic N) is 5. The molecule has 2 aromatic carbocycles. The number of halogens is 5. The molecule has 0 fully saturated rings. The van der Waals surface area contributed by atoms with Crippen LogP contribution in [0.15, 0.2) is 67.4 Å². The number of aromatic nitrogens is 5. The first-order chi connectivity index (χ1) is 16.0. The SMILES string of the molecule is C[C@@H](n1ccc(-c2ccc(OC(F)(F)F)cc2)n1)[C@](O)(Cn1cncn1)c1ccc(F)cc1F. The zero-order chi connectivity index (χ0) is 24.5. The van der Waals surface area contributed by atoms with Gasteiger partial charge in [-0.2, -0.15) is 10.2 Å². The molecule has 4 aromatic rings. The van der Waals surface area contributed by atoms with E-state index in [2.05, 4.69) is 19.9 Å². The number of ether oxygens (including phenoxy) is 1. The predicted molar refractivity (Wildman–Crippen MR) is 109 cm³/mol. The minimum atomic E-state index is -4.80. The minimum Gasteiger partial charge on any atom is -0.406 e. The molecule has 0 aliphatic carbocycles. The summed E-state index contributed by atoms with van der Waals surface area (Å²) in [7, 11) is 0. The van der Waals surface area contributed by atoms with E-state index in [1.807, 2.05) is 0 Å². The van der Waals surface area contributed by atoms with Crippen LogP contribution in [0.5, 0.6) is 5.75 Å². The molecule has 0 bridgehead atoms. The fraction of sp³-hybridized carbons (Fsp3) is 0.227. The molecule has 0 aliphatic heterocycles. The Morgan fingerprint density at radius 1 is 1.06 bits per heavy atom. The van der Waals surface area contributed by atoms with E-state index in [0.717, 1.165) is 24.3 Å². The highest BCUT2D eigenvalue weighted by atomic mass is 19.4. The van der Waals surface area contributed by atoms with Gasteiger partial charge in [-0.05, 0) is 43.3 Å². The minimum absolute atomic E-state index is 0.164. The standard InChI is InChI=1S/C22H18F5N5O2/c1-14(21(33,11-31-13-28-12-29-31)18-7-4-16(23)10-19(18)24)32-9-8-20(30-32)15-2-5-17(6-3-15)34-22(25,26)27/h2-10,12-14,33H,11H2,1H3/t14-,21-/m1/s1. The van der Waals surface area contributed by atoms with E-state index in [-0.39, 0.29) is 17.9 Å². The first kappa shape index (κ1) is 23.4. The molecule has 12 heteroatoms. The van der Waals surface area contributed by atoms with Crippen molar-refractivity contribution in [2.24, 2.45) is 0 Å². The second kappa shape index (κ2) is 8.86. The number of alkyl halides is 3. The Morgan fingerprint density at radius 2 is 1.79 bits per heavy atom. The van der Waals surface area contributed by atoms with Gasteiger partial charge in [0.2, 0.25) is 0 Å². The van der Waals surface area contributed by atoms with Crippen LogP contribution in [0.2, 0.25) is 0 Å². The zero-order valence-electron chi connectivity index (χ0n) is 17.6. The predicted octanol–water partition coefficient (Wildman–Crippen LogP) is 4.47. The Bertz CT molecular complexity index is 1260. The van der Waals surface area contributed by atoms with Crippen LogP contribution in [0.4, 0.5) is 22.0 Å². The van der Waals surface area contributed by atoms with Crippen LogP contribution < -0.4 is 4.74 Å². The topological polar surface area (TPSA) is 78.0 Å². The first-order valence-electron chi connectivity index (χ1n) is 9.97. The van der Waals surface area contributed by atoms with E-state index < -0.39 is 29.6 Å². The number of hydrogen-bond acceptors (Lipinski definition) is 5. The first-order valence-corrected chi connectivity index (χ1v) is 9.97. The molecule has 178 valence electrons. The maximum absolute atomic E-state index is 14.7. The highest BCUT2D eigenvalue weighted by molar-refractivity contribution is 5.59. The summed E-state index contributed by atoms with van der Waals surface area (Å²) < 4.78 is 71.9. The molecule has 0 aliphatic rings. The quantitative estimate of drug-likeness (QED) is 0.396. The maximum Gasteiger partial charge on any atom is 0.573 e. The van der Waals surface area contributed by atoms with E-state index in [4.69, 9.17) is 0 Å². The second-order valence-electron chi connectivity index (χ2n) is 7.57. The maximum atomic E-state index is 14.7. The summed E-state index contributed by atoms with van der Waals surface area (Å²) in [6, 6.07) is 8.69. The Balaban J connectivity index is 1.66. The third-order valence-electron chi connectivity index (χ3n) is 5.35. The fourth-order valence-corrected chi connectivity index (χ4v) is 3.60. The molecule has 4 rings (SSSR count). The van der Waals surface area contributed by atoms with Gasteiger partial charge in [0.25, 0.3) is 0 Å². The Hall–Kier alpha value is -3.80. The number of hydrogen-bond donors (Lipinski definition) is 1. The largest absolute Gasteiger partial charge is 0.573 e. The van der Waals surface area contributed by atoms with Gasteiger partial charge in [0.1, 0.15) is 35.6 Å². The summed E-state index contributed by atoms with van der Waals surface area (Å²) in [5, 5.41) is 20.0. The van der Waals surface area contributed by atoms with Crippen LogP contribution in [0.25, 0.3) is 11.3 Å². The molecule has 0 saturated carbocycles. The van der Waals surface area contributed by atoms with Gasteiger partial charge in [0.05, 0.1) is 18.3 Å². The Morgan fingerprint density at radius 3 is 2.41 bits per heavy atom. The number of benzene rings is 2. The summed E-state index contributed by atoms with van der Waals surface area (Å²) in [4.78, 5) is 3.83. The molecule has 0 unspecified atom stereocenters. The van der Waals surface area contributed by atoms with E-state index in [9.17, 15) is 27.1 Å². The molecule has 2 heterocycles. The van der Waals surface area contributed by atoms with Crippen molar-refractivity contribution in [3.05, 3.63) is 84.6 Å². The van der Waals surface area contributed by atoms with Crippen molar-refractivity contribution in [3.63, 3.8) is 0 Å². The average molecular weight is 479 g/mol. The molecule has 0 spiro atoms. The Labute approximate surface area is 190 Å². The number of aliphatic hydroxyl groups is 1. The highest BCUT2D eigenvalue weighted by Gasteiger charge is 2.41. The molecule has 34 heavy (non-hydrogen) atoms. The van der Waals surface area contributed by atoms with Gasteiger partial charge in [-0.15, -0.1) is 13.2 Å². The lowest BCUT2D eigenvalue weighted by molar-refractivity contribution is -0.274. The van der Waals surface area contributed by atoms with E-state index in [0.29, 0.717) is 17.3 Å². The van der Waals surface area contributed by atoms with Gasteiger partial charge in [0, 0.05) is 23.4 Å². The van der Waals surface area contributed by atoms with E-state index in [1.54, 1.807) is 13.0 Å². The zero-order valence-corrected chi connectivity index (χ0v) is 17.6. The fourth-order valence-electron chi connectivity index (χ4n) is 3.60. The van der Waals surface area contributed by atoms with E-state index in [1.165, 1.54) is 40.3 Å². The van der Waals surface area contributed by atoms with Gasteiger partial charge >= 0.3 is 6.36 Å². The van der Waals surface area contributed by atoms with Crippen molar-refractivity contribution in [1.82, 2.24) is 24.5 Å². The van der Waals surface area contributed by atoms with Gasteiger partial charge in [0.15, 0.2) is 0 Å². The van der Waals surface area contributed by atoms with E-state index >= 15 is 0 Å². The summed E-state index contributed by atoms with van der Waals surface area (Å²) >= 11 is 0. The summed E-state index contributed by atoms with van der Waals surface area (Å²) in [6.45, 7) is 1.38. The molecule has 2 aromatic heterocycles. The molecule has 1 N–H and O–H groups in total. The van der Waals surface area contributed by atoms with Crippen molar-refractivity contribution >= 4 is 0 Å². The lowest BCUT2D eigenvalue weighted by atomic mass is 9.86. The third kappa shape index (κ3) is 4.91. The molecular formula is C22H18F5N5O2. The normalized spacial score (nSPS) is 14.6. The lowest BCUT2D eigenvalue weighted by Crippen LogP contribution is -2.40. The summed E-state index contributed by atoms with van der Waals surface area (Å²) in [5.74, 6) is -2.11. The van der Waals surface area contributed by atoms with Crippen LogP contribution in [0.3, 0.4) is 0 Å². The van der Waals surface area contributed by atoms with Crippen molar-refractivity contribution in [1.29, 1.82) is 0 Å². The van der Waals surface area contributed by atoms with Crippen molar-refractivity contribution in [2.75, 3.05) is 0 Å². The average Bonchev–Trinajstić information content (AvgIpc) is 3.44. The molecule has 0 radical (unpaired) electrons. The second-order valence-corrected chi connectivity index (χ2v) is 7.57. The van der Waals surface area contributed by atoms with Crippen LogP contribution in [0.1, 0.15) is 18.5 Å². The Kier molecular flexibility index (Phi) is 6.09. The molecule has 2 atom stereocenters. The van der Waals surface area contributed by atoms with Crippen LogP contribution in [-0.2, 0) is 12.1 Å². The van der Waals surface area contributed by atoms with Crippen LogP contribution in [0, 0.1) is 11.6 Å². The van der Waals surface area contributed by atoms with Crippen LogP contribution >= 0.6 is 0 Å².